The van der Waals surface area contributed by atoms with Gasteiger partial charge in [0.25, 0.3) is 0 Å². The molecule has 0 aromatic heterocycles. The van der Waals surface area contributed by atoms with Crippen molar-refractivity contribution >= 4 is 39.7 Å². The third-order valence-corrected chi connectivity index (χ3v) is 14.2. The summed E-state index contributed by atoms with van der Waals surface area (Å²) in [6, 6.07) is 3.54. The van der Waals surface area contributed by atoms with Crippen molar-refractivity contribution in [3.63, 3.8) is 0 Å². The number of allylic oxidation sites excluding steroid dienone is 2. The number of Topliss-reactive ketones (excluding diaryl/α,β-unsaturated/α-hetero) is 1. The summed E-state index contributed by atoms with van der Waals surface area (Å²) in [4.78, 5) is 72.6. The molecule has 0 bridgehead atoms. The van der Waals surface area contributed by atoms with Crippen LogP contribution in [-0.2, 0) is 51.8 Å². The van der Waals surface area contributed by atoms with E-state index >= 15 is 0 Å². The Morgan fingerprint density at radius 1 is 1.07 bits per heavy atom. The van der Waals surface area contributed by atoms with Crippen LogP contribution >= 0.6 is 0 Å². The van der Waals surface area contributed by atoms with Gasteiger partial charge in [-0.15, -0.1) is 0 Å². The largest absolute Gasteiger partial charge is 0.460 e. The number of hydrogen-bond acceptors (Lipinski definition) is 9. The number of amides is 3. The van der Waals surface area contributed by atoms with Crippen LogP contribution in [0.1, 0.15) is 110 Å². The first-order chi connectivity index (χ1) is 25.2. The lowest BCUT2D eigenvalue weighted by atomic mass is 9.82. The van der Waals surface area contributed by atoms with Crippen LogP contribution < -0.4 is 4.72 Å². The molecule has 1 aromatic carbocycles. The smallest absolute Gasteiger partial charge is 0.410 e. The van der Waals surface area contributed by atoms with Crippen LogP contribution in [0.3, 0.4) is 0 Å². The van der Waals surface area contributed by atoms with Gasteiger partial charge in [-0.05, 0) is 95.6 Å². The van der Waals surface area contributed by atoms with Crippen molar-refractivity contribution in [2.75, 3.05) is 6.54 Å². The Hall–Kier alpha value is -3.81. The molecule has 1 N–H and O–H groups in total. The molecular weight excluding hydrogens is 718 g/mol. The molecule has 296 valence electrons. The van der Waals surface area contributed by atoms with Crippen molar-refractivity contribution in [2.45, 2.75) is 135 Å². The van der Waals surface area contributed by atoms with Crippen LogP contribution in [0, 0.1) is 34.9 Å². The van der Waals surface area contributed by atoms with Gasteiger partial charge in [-0.2, -0.15) is 0 Å². The van der Waals surface area contributed by atoms with Crippen molar-refractivity contribution in [1.82, 2.24) is 14.5 Å². The van der Waals surface area contributed by atoms with E-state index in [4.69, 9.17) is 9.47 Å². The Labute approximate surface area is 317 Å². The molecule has 7 atom stereocenters. The molecule has 5 aliphatic rings. The van der Waals surface area contributed by atoms with Gasteiger partial charge in [-0.25, -0.2) is 17.6 Å². The third-order valence-electron chi connectivity index (χ3n) is 12.1. The summed E-state index contributed by atoms with van der Waals surface area (Å²) in [5.41, 5.74) is -1.04. The summed E-state index contributed by atoms with van der Waals surface area (Å²) >= 11 is 0. The van der Waals surface area contributed by atoms with E-state index in [9.17, 15) is 36.8 Å². The summed E-state index contributed by atoms with van der Waals surface area (Å²) in [5, 5.41) is 0. The van der Waals surface area contributed by atoms with Crippen molar-refractivity contribution in [1.29, 1.82) is 0 Å². The highest BCUT2D eigenvalue weighted by Gasteiger charge is 2.63. The quantitative estimate of drug-likeness (QED) is 0.289. The van der Waals surface area contributed by atoms with Crippen molar-refractivity contribution < 1.29 is 46.3 Å². The first-order valence-corrected chi connectivity index (χ1v) is 20.7. The van der Waals surface area contributed by atoms with Gasteiger partial charge < -0.3 is 14.4 Å². The monoisotopic (exact) mass is 771 g/mol. The number of sulfonamides is 1. The number of hydrogen-bond donors (Lipinski definition) is 1. The highest BCUT2D eigenvalue weighted by atomic mass is 32.2. The zero-order valence-corrected chi connectivity index (χ0v) is 33.0. The van der Waals surface area contributed by atoms with E-state index in [0.717, 1.165) is 6.42 Å². The van der Waals surface area contributed by atoms with Crippen LogP contribution in [-0.4, -0.2) is 76.9 Å². The first-order valence-electron chi connectivity index (χ1n) is 19.2. The Bertz CT molecular complexity index is 1840. The van der Waals surface area contributed by atoms with E-state index in [2.05, 4.69) is 11.6 Å². The summed E-state index contributed by atoms with van der Waals surface area (Å²) in [5.74, 6) is -3.93. The lowest BCUT2D eigenvalue weighted by molar-refractivity contribution is -0.160. The highest BCUT2D eigenvalue weighted by Crippen LogP contribution is 2.57. The second-order valence-electron chi connectivity index (χ2n) is 17.7. The first kappa shape index (κ1) is 39.9. The lowest BCUT2D eigenvalue weighted by Crippen LogP contribution is -2.48. The van der Waals surface area contributed by atoms with E-state index in [-0.39, 0.29) is 63.1 Å². The molecule has 14 heteroatoms. The van der Waals surface area contributed by atoms with Crippen molar-refractivity contribution in [3.8, 4) is 0 Å². The Morgan fingerprint density at radius 3 is 2.46 bits per heavy atom. The molecule has 0 unspecified atom stereocenters. The standard InChI is InChI=1S/C40H54FN3O9S/c1-24-10-7-8-12-27-19-40(27,36(48)42-54(50,51)39(6)14-15-39)20-33(45)32-17-28(52-37(49)43-21-26-11-9-13-31(41)30(26)23-43)22-44(32)35(47)29(25(2)16-24)18-34(46)53-38(3,4)5/h8-9,11-13,24-25,27-29,32H,7,10,14-23H2,1-6H3,(H,42,48)/b12-8-/t24-,25-,27-,28-,29+,32+,40-/m1/s1. The van der Waals surface area contributed by atoms with E-state index in [1.807, 2.05) is 19.1 Å². The minimum atomic E-state index is -3.98. The Morgan fingerprint density at radius 2 is 1.80 bits per heavy atom. The number of ether oxygens (including phenoxy) is 2. The van der Waals surface area contributed by atoms with Crippen LogP contribution in [0.25, 0.3) is 0 Å². The molecule has 54 heavy (non-hydrogen) atoms. The topological polar surface area (TPSA) is 156 Å². The van der Waals surface area contributed by atoms with Gasteiger partial charge in [0.15, 0.2) is 5.78 Å². The second kappa shape index (κ2) is 14.7. The van der Waals surface area contributed by atoms with Crippen molar-refractivity contribution in [3.05, 3.63) is 47.3 Å². The maximum absolute atomic E-state index is 14.7. The minimum absolute atomic E-state index is 0.0146. The van der Waals surface area contributed by atoms with E-state index in [1.54, 1.807) is 39.8 Å². The van der Waals surface area contributed by atoms with Crippen LogP contribution in [0.15, 0.2) is 30.4 Å². The Kier molecular flexibility index (Phi) is 10.8. The average Bonchev–Trinajstić information content (AvgIpc) is 3.86. The van der Waals surface area contributed by atoms with Gasteiger partial charge in [-0.3, -0.25) is 28.8 Å². The van der Waals surface area contributed by atoms with Crippen LogP contribution in [0.5, 0.6) is 0 Å². The van der Waals surface area contributed by atoms with Gasteiger partial charge >= 0.3 is 12.1 Å². The van der Waals surface area contributed by atoms with Crippen molar-refractivity contribution in [2.24, 2.45) is 29.1 Å². The molecule has 3 heterocycles. The molecule has 1 saturated heterocycles. The number of fused-ring (bicyclic) bond motifs is 3. The molecule has 12 nitrogen and oxygen atoms in total. The third kappa shape index (κ3) is 8.38. The van der Waals surface area contributed by atoms with Gasteiger partial charge in [0.2, 0.25) is 21.8 Å². The zero-order valence-electron chi connectivity index (χ0n) is 32.2. The fourth-order valence-corrected chi connectivity index (χ4v) is 9.71. The zero-order chi connectivity index (χ0) is 39.4. The lowest BCUT2D eigenvalue weighted by Gasteiger charge is -2.32. The van der Waals surface area contributed by atoms with E-state index in [1.165, 1.54) is 15.9 Å². The molecular formula is C40H54FN3O9S. The van der Waals surface area contributed by atoms with Gasteiger partial charge in [-0.1, -0.05) is 38.1 Å². The predicted octanol–water partition coefficient (Wildman–Crippen LogP) is 5.57. The number of carbonyl (C=O) groups excluding carboxylic acids is 5. The number of carbonyl (C=O) groups is 5. The maximum Gasteiger partial charge on any atom is 0.410 e. The average molecular weight is 772 g/mol. The summed E-state index contributed by atoms with van der Waals surface area (Å²) in [6.07, 6.45) is 4.89. The number of ketones is 1. The Balaban J connectivity index is 1.29. The number of rotatable bonds is 6. The molecule has 2 aliphatic carbocycles. The molecule has 0 spiro atoms. The van der Waals surface area contributed by atoms with Gasteiger partial charge in [0, 0.05) is 24.9 Å². The molecule has 3 aliphatic heterocycles. The van der Waals surface area contributed by atoms with Gasteiger partial charge in [0.05, 0.1) is 41.6 Å². The van der Waals surface area contributed by atoms with E-state index in [0.29, 0.717) is 36.8 Å². The molecule has 6 rings (SSSR count). The van der Waals surface area contributed by atoms with E-state index < -0.39 is 79.3 Å². The minimum Gasteiger partial charge on any atom is -0.460 e. The second-order valence-corrected chi connectivity index (χ2v) is 19.9. The van der Waals surface area contributed by atoms with Crippen LogP contribution in [0.2, 0.25) is 0 Å². The highest BCUT2D eigenvalue weighted by molar-refractivity contribution is 7.91. The summed E-state index contributed by atoms with van der Waals surface area (Å²) in [7, 11) is -3.98. The summed E-state index contributed by atoms with van der Waals surface area (Å²) in [6.45, 7) is 10.9. The molecule has 3 amide bonds. The molecule has 3 fully saturated rings. The predicted molar refractivity (Wildman–Crippen MR) is 196 cm³/mol. The number of halogens is 1. The number of esters is 1. The van der Waals surface area contributed by atoms with Gasteiger partial charge in [0.1, 0.15) is 17.5 Å². The summed E-state index contributed by atoms with van der Waals surface area (Å²) < 4.78 is 53.6. The molecule has 0 radical (unpaired) electrons. The fraction of sp³-hybridized carbons (Fsp3) is 0.675. The molecule has 1 aromatic rings. The normalized spacial score (nSPS) is 31.6. The number of benzene rings is 1. The SMILES string of the molecule is C[C@@H]1CC/C=C\[C@@H]2C[C@@]2(C(=O)NS(=O)(=O)C2(C)CC2)CC(=O)[C@@H]2C[C@@H](OC(=O)N3Cc4cccc(F)c4C3)CN2C(=O)[C@@H](CC(=O)OC(C)(C)C)[C@H](C)C1. The fourth-order valence-electron chi connectivity index (χ4n) is 8.38. The number of nitrogens with zero attached hydrogens (tertiary/aromatic N) is 2. The molecule has 2 saturated carbocycles. The maximum atomic E-state index is 14.7. The van der Waals surface area contributed by atoms with Crippen LogP contribution in [0.4, 0.5) is 9.18 Å². The number of nitrogens with one attached hydrogen (secondary N) is 1.